The summed E-state index contributed by atoms with van der Waals surface area (Å²) in [5.74, 6) is 0. The topological polar surface area (TPSA) is 108 Å². The van der Waals surface area contributed by atoms with Crippen LogP contribution in [-0.2, 0) is 0 Å². The minimum atomic E-state index is -0.487. The number of aromatic amines is 1. The van der Waals surface area contributed by atoms with Gasteiger partial charge in [0.25, 0.3) is 5.69 Å². The van der Waals surface area contributed by atoms with Gasteiger partial charge in [-0.2, -0.15) is 10.4 Å². The van der Waals surface area contributed by atoms with Gasteiger partial charge in [0.15, 0.2) is 5.16 Å². The summed E-state index contributed by atoms with van der Waals surface area (Å²) >= 11 is 1.20. The Bertz CT molecular complexity index is 575. The highest BCUT2D eigenvalue weighted by molar-refractivity contribution is 7.99. The highest BCUT2D eigenvalue weighted by atomic mass is 32.2. The molecule has 8 heteroatoms. The minimum absolute atomic E-state index is 0.0000973. The molecule has 7 nitrogen and oxygen atoms in total. The van der Waals surface area contributed by atoms with E-state index in [4.69, 9.17) is 5.26 Å². The van der Waals surface area contributed by atoms with Crippen LogP contribution in [0.15, 0.2) is 35.7 Å². The maximum absolute atomic E-state index is 10.5. The zero-order chi connectivity index (χ0) is 13.0. The highest BCUT2D eigenvalue weighted by Gasteiger charge is 2.15. The molecule has 1 aromatic carbocycles. The molecular formula is C10H7N5O2S. The average Bonchev–Trinajstić information content (AvgIpc) is 2.89. The smallest absolute Gasteiger partial charge is 0.258 e. The number of H-pyrrole nitrogens is 1. The molecule has 1 heterocycles. The molecular weight excluding hydrogens is 254 g/mol. The summed E-state index contributed by atoms with van der Waals surface area (Å²) < 4.78 is 0. The van der Waals surface area contributed by atoms with Crippen LogP contribution < -0.4 is 0 Å². The van der Waals surface area contributed by atoms with Crippen molar-refractivity contribution in [1.29, 1.82) is 5.26 Å². The Hall–Kier alpha value is -2.40. The molecule has 0 fully saturated rings. The predicted octanol–water partition coefficient (Wildman–Crippen LogP) is 2.07. The van der Waals surface area contributed by atoms with Crippen LogP contribution in [0.2, 0.25) is 0 Å². The number of rotatable bonds is 4. The van der Waals surface area contributed by atoms with Gasteiger partial charge in [-0.3, -0.25) is 15.2 Å². The predicted molar refractivity (Wildman–Crippen MR) is 63.7 cm³/mol. The Morgan fingerprint density at radius 1 is 1.44 bits per heavy atom. The summed E-state index contributed by atoms with van der Waals surface area (Å²) in [6.07, 6.45) is 1.35. The molecule has 0 saturated heterocycles. The third-order valence-corrected chi connectivity index (χ3v) is 3.18. The second-order valence-corrected chi connectivity index (χ2v) is 4.36. The molecule has 90 valence electrons. The van der Waals surface area contributed by atoms with Crippen molar-refractivity contribution in [3.8, 4) is 6.07 Å². The summed E-state index contributed by atoms with van der Waals surface area (Å²) in [6.45, 7) is 0. The van der Waals surface area contributed by atoms with Crippen molar-refractivity contribution in [1.82, 2.24) is 15.2 Å². The lowest BCUT2D eigenvalue weighted by molar-refractivity contribution is -0.384. The quantitative estimate of drug-likeness (QED) is 0.512. The molecule has 0 aliphatic heterocycles. The number of non-ortho nitro benzene ring substituents is 1. The van der Waals surface area contributed by atoms with Gasteiger partial charge < -0.3 is 0 Å². The van der Waals surface area contributed by atoms with Gasteiger partial charge in [-0.1, -0.05) is 23.9 Å². The van der Waals surface area contributed by atoms with Crippen molar-refractivity contribution in [2.45, 2.75) is 10.4 Å². The fraction of sp³-hybridized carbons (Fsp3) is 0.100. The molecule has 18 heavy (non-hydrogen) atoms. The number of nitrogens with zero attached hydrogens (tertiary/aromatic N) is 4. The minimum Gasteiger partial charge on any atom is -0.258 e. The largest absolute Gasteiger partial charge is 0.269 e. The summed E-state index contributed by atoms with van der Waals surface area (Å²) in [6, 6.07) is 7.99. The molecule has 0 aliphatic rings. The van der Waals surface area contributed by atoms with Crippen molar-refractivity contribution in [2.75, 3.05) is 0 Å². The number of nitriles is 1. The number of thioether (sulfide) groups is 1. The van der Waals surface area contributed by atoms with Crippen LogP contribution in [0.25, 0.3) is 0 Å². The molecule has 1 atom stereocenters. The van der Waals surface area contributed by atoms with Gasteiger partial charge in [0, 0.05) is 12.1 Å². The molecule has 0 spiro atoms. The molecule has 0 amide bonds. The monoisotopic (exact) mass is 261 g/mol. The summed E-state index contributed by atoms with van der Waals surface area (Å²) in [4.78, 5) is 14.0. The highest BCUT2D eigenvalue weighted by Crippen LogP contribution is 2.32. The molecule has 0 aliphatic carbocycles. The molecule has 1 N–H and O–H groups in total. The fourth-order valence-corrected chi connectivity index (χ4v) is 2.09. The van der Waals surface area contributed by atoms with Gasteiger partial charge >= 0.3 is 0 Å². The van der Waals surface area contributed by atoms with Gasteiger partial charge in [0.05, 0.1) is 11.0 Å². The molecule has 2 aromatic rings. The second-order valence-electron chi connectivity index (χ2n) is 3.27. The van der Waals surface area contributed by atoms with Gasteiger partial charge in [-0.25, -0.2) is 4.98 Å². The lowest BCUT2D eigenvalue weighted by Crippen LogP contribution is -1.93. The third-order valence-electron chi connectivity index (χ3n) is 2.15. The van der Waals surface area contributed by atoms with Gasteiger partial charge in [0.1, 0.15) is 11.6 Å². The zero-order valence-corrected chi connectivity index (χ0v) is 9.79. The van der Waals surface area contributed by atoms with Crippen molar-refractivity contribution in [3.63, 3.8) is 0 Å². The van der Waals surface area contributed by atoms with Crippen LogP contribution in [0.4, 0.5) is 5.69 Å². The Labute approximate surface area is 106 Å². The molecule has 0 saturated carbocycles. The van der Waals surface area contributed by atoms with E-state index in [9.17, 15) is 10.1 Å². The summed E-state index contributed by atoms with van der Waals surface area (Å²) in [5.41, 5.74) is 0.685. The first-order valence-electron chi connectivity index (χ1n) is 4.86. The maximum atomic E-state index is 10.5. The van der Waals surface area contributed by atoms with Crippen molar-refractivity contribution in [2.24, 2.45) is 0 Å². The van der Waals surface area contributed by atoms with Crippen molar-refractivity contribution < 1.29 is 4.92 Å². The Kier molecular flexibility index (Phi) is 3.54. The van der Waals surface area contributed by atoms with E-state index in [0.717, 1.165) is 0 Å². The normalized spacial score (nSPS) is 11.7. The van der Waals surface area contributed by atoms with Crippen LogP contribution in [-0.4, -0.2) is 20.1 Å². The van der Waals surface area contributed by atoms with E-state index >= 15 is 0 Å². The number of benzene rings is 1. The first kappa shape index (κ1) is 12.1. The van der Waals surface area contributed by atoms with E-state index < -0.39 is 10.2 Å². The molecule has 0 radical (unpaired) electrons. The van der Waals surface area contributed by atoms with Crippen LogP contribution in [0.1, 0.15) is 10.8 Å². The van der Waals surface area contributed by atoms with Crippen LogP contribution in [0.3, 0.4) is 0 Å². The first-order chi connectivity index (χ1) is 8.70. The number of hydrogen-bond acceptors (Lipinski definition) is 6. The van der Waals surface area contributed by atoms with Gasteiger partial charge in [-0.05, 0) is 5.56 Å². The van der Waals surface area contributed by atoms with Crippen molar-refractivity contribution >= 4 is 17.4 Å². The number of nitro groups is 1. The lowest BCUT2D eigenvalue weighted by atomic mass is 10.1. The average molecular weight is 261 g/mol. The SMILES string of the molecule is N#CC(Sc1ncn[nH]1)c1ccc([N+](=O)[O-])cc1. The molecule has 2 rings (SSSR count). The molecule has 0 bridgehead atoms. The van der Waals surface area contributed by atoms with E-state index in [1.807, 2.05) is 0 Å². The number of nitro benzene ring substituents is 1. The first-order valence-corrected chi connectivity index (χ1v) is 5.74. The van der Waals surface area contributed by atoms with Gasteiger partial charge in [-0.15, -0.1) is 0 Å². The van der Waals surface area contributed by atoms with Crippen LogP contribution in [0, 0.1) is 21.4 Å². The third kappa shape index (κ3) is 2.64. The number of nitrogens with one attached hydrogen (secondary N) is 1. The van der Waals surface area contributed by atoms with E-state index in [1.165, 1.54) is 30.2 Å². The number of aromatic nitrogens is 3. The lowest BCUT2D eigenvalue weighted by Gasteiger charge is -2.06. The maximum Gasteiger partial charge on any atom is 0.269 e. The Balaban J connectivity index is 2.18. The summed E-state index contributed by atoms with van der Waals surface area (Å²) in [5, 5.41) is 26.0. The van der Waals surface area contributed by atoms with E-state index in [2.05, 4.69) is 21.3 Å². The summed E-state index contributed by atoms with van der Waals surface area (Å²) in [7, 11) is 0. The van der Waals surface area contributed by atoms with E-state index in [0.29, 0.717) is 10.7 Å². The molecule has 1 aromatic heterocycles. The van der Waals surface area contributed by atoms with Gasteiger partial charge in [0.2, 0.25) is 0 Å². The van der Waals surface area contributed by atoms with Crippen LogP contribution in [0.5, 0.6) is 0 Å². The van der Waals surface area contributed by atoms with Crippen molar-refractivity contribution in [3.05, 3.63) is 46.3 Å². The second kappa shape index (κ2) is 5.29. The van der Waals surface area contributed by atoms with E-state index in [1.54, 1.807) is 12.1 Å². The fourth-order valence-electron chi connectivity index (χ4n) is 1.30. The zero-order valence-electron chi connectivity index (χ0n) is 8.98. The Morgan fingerprint density at radius 2 is 2.17 bits per heavy atom. The standard InChI is InChI=1S/C10H7N5O2S/c11-5-9(18-10-12-6-13-14-10)7-1-3-8(4-2-7)15(16)17/h1-4,6,9H,(H,12,13,14). The van der Waals surface area contributed by atoms with Crippen LogP contribution >= 0.6 is 11.8 Å². The number of hydrogen-bond donors (Lipinski definition) is 1. The molecule has 1 unspecified atom stereocenters. The Morgan fingerprint density at radius 3 is 2.67 bits per heavy atom. The van der Waals surface area contributed by atoms with E-state index in [-0.39, 0.29) is 5.69 Å².